The molecule has 9 heteroatoms. The third kappa shape index (κ3) is 4.86. The summed E-state index contributed by atoms with van der Waals surface area (Å²) in [7, 11) is -1.09. The second kappa shape index (κ2) is 8.18. The van der Waals surface area contributed by atoms with Gasteiger partial charge >= 0.3 is 13.6 Å². The predicted molar refractivity (Wildman–Crippen MR) is 83.7 cm³/mol. The first-order chi connectivity index (χ1) is 10.2. The molecule has 0 fully saturated rings. The van der Waals surface area contributed by atoms with Crippen LogP contribution in [0.25, 0.3) is 0 Å². The number of rotatable bonds is 7. The van der Waals surface area contributed by atoms with Crippen molar-refractivity contribution in [2.24, 2.45) is 0 Å². The van der Waals surface area contributed by atoms with Gasteiger partial charge in [-0.2, -0.15) is 0 Å². The smallest absolute Gasteiger partial charge is 0.370 e. The molecular weight excluding hydrogens is 354 g/mol. The Balaban J connectivity index is 2.71. The van der Waals surface area contributed by atoms with Crippen molar-refractivity contribution in [2.45, 2.75) is 25.8 Å². The lowest BCUT2D eigenvalue weighted by atomic mass is 10.3. The van der Waals surface area contributed by atoms with Crippen LogP contribution in [0.4, 0.5) is 0 Å². The summed E-state index contributed by atoms with van der Waals surface area (Å²) >= 11 is 11.7. The molecule has 1 aromatic rings. The zero-order valence-electron chi connectivity index (χ0n) is 12.5. The number of benzene rings is 1. The summed E-state index contributed by atoms with van der Waals surface area (Å²) in [6.07, 6.45) is -0.969. The van der Waals surface area contributed by atoms with Crippen LogP contribution in [0.1, 0.15) is 13.8 Å². The largest absolute Gasteiger partial charge is 0.477 e. The highest BCUT2D eigenvalue weighted by atomic mass is 35.5. The van der Waals surface area contributed by atoms with Gasteiger partial charge in [0, 0.05) is 19.2 Å². The highest BCUT2D eigenvalue weighted by molar-refractivity contribution is 7.54. The van der Waals surface area contributed by atoms with Crippen LogP contribution < -0.4 is 4.74 Å². The third-order valence-corrected chi connectivity index (χ3v) is 5.32. The number of ether oxygens (including phenoxy) is 2. The molecule has 1 rings (SSSR count). The van der Waals surface area contributed by atoms with Crippen LogP contribution in [-0.2, 0) is 23.1 Å². The Kier molecular flexibility index (Phi) is 7.16. The molecule has 0 amide bonds. The Morgan fingerprint density at radius 2 is 1.77 bits per heavy atom. The van der Waals surface area contributed by atoms with Crippen molar-refractivity contribution in [3.8, 4) is 5.75 Å². The quantitative estimate of drug-likeness (QED) is 0.530. The van der Waals surface area contributed by atoms with Gasteiger partial charge in [0.15, 0.2) is 11.9 Å². The maximum absolute atomic E-state index is 12.1. The van der Waals surface area contributed by atoms with Crippen LogP contribution in [0.3, 0.4) is 0 Å². The average molecular weight is 371 g/mol. The summed E-state index contributed by atoms with van der Waals surface area (Å²) in [5.41, 5.74) is 0. The van der Waals surface area contributed by atoms with Gasteiger partial charge in [-0.05, 0) is 32.0 Å². The van der Waals surface area contributed by atoms with E-state index in [4.69, 9.17) is 41.7 Å². The average Bonchev–Trinajstić information content (AvgIpc) is 2.48. The Morgan fingerprint density at radius 1 is 1.18 bits per heavy atom. The monoisotopic (exact) mass is 370 g/mol. The Labute approximate surface area is 139 Å². The van der Waals surface area contributed by atoms with Crippen molar-refractivity contribution in [3.63, 3.8) is 0 Å². The molecule has 0 saturated heterocycles. The fourth-order valence-electron chi connectivity index (χ4n) is 1.51. The first kappa shape index (κ1) is 19.3. The Morgan fingerprint density at radius 3 is 2.27 bits per heavy atom. The van der Waals surface area contributed by atoms with E-state index in [1.54, 1.807) is 6.07 Å². The van der Waals surface area contributed by atoms with Crippen molar-refractivity contribution in [2.75, 3.05) is 14.2 Å². The SMILES string of the molecule is COP(=O)(OC)C(C)OC(=O)C(C)Oc1ccc(Cl)cc1Cl. The second-order valence-electron chi connectivity index (χ2n) is 4.28. The molecule has 124 valence electrons. The summed E-state index contributed by atoms with van der Waals surface area (Å²) in [5, 5.41) is 0.710. The normalized spacial score (nSPS) is 14.3. The van der Waals surface area contributed by atoms with Gasteiger partial charge in [-0.25, -0.2) is 4.79 Å². The number of halogens is 2. The lowest BCUT2D eigenvalue weighted by molar-refractivity contribution is -0.153. The highest BCUT2D eigenvalue weighted by Crippen LogP contribution is 2.51. The lowest BCUT2D eigenvalue weighted by Crippen LogP contribution is -2.29. The van der Waals surface area contributed by atoms with Crippen molar-refractivity contribution in [1.29, 1.82) is 0 Å². The topological polar surface area (TPSA) is 71.1 Å². The first-order valence-electron chi connectivity index (χ1n) is 6.27. The van der Waals surface area contributed by atoms with E-state index < -0.39 is 25.5 Å². The van der Waals surface area contributed by atoms with Crippen LogP contribution >= 0.6 is 30.8 Å². The van der Waals surface area contributed by atoms with Gasteiger partial charge in [-0.1, -0.05) is 23.2 Å². The molecule has 6 nitrogen and oxygen atoms in total. The molecule has 1 aromatic carbocycles. The van der Waals surface area contributed by atoms with E-state index in [-0.39, 0.29) is 10.8 Å². The number of esters is 1. The summed E-state index contributed by atoms with van der Waals surface area (Å²) in [5.74, 6) is -1.51. The number of carbonyl (C=O) groups excluding carboxylic acids is 1. The van der Waals surface area contributed by atoms with Crippen LogP contribution in [0, 0.1) is 0 Å². The minimum Gasteiger partial charge on any atom is -0.477 e. The fourth-order valence-corrected chi connectivity index (χ4v) is 2.94. The molecule has 0 aliphatic carbocycles. The third-order valence-electron chi connectivity index (χ3n) is 2.77. The van der Waals surface area contributed by atoms with Crippen molar-refractivity contribution < 1.29 is 27.9 Å². The van der Waals surface area contributed by atoms with Gasteiger partial charge in [0.1, 0.15) is 5.75 Å². The summed E-state index contributed by atoms with van der Waals surface area (Å²) in [6.45, 7) is 2.89. The maximum Gasteiger partial charge on any atom is 0.370 e. The fraction of sp³-hybridized carbons (Fsp3) is 0.462. The summed E-state index contributed by atoms with van der Waals surface area (Å²) in [6, 6.07) is 4.60. The van der Waals surface area contributed by atoms with E-state index in [1.165, 1.54) is 40.2 Å². The van der Waals surface area contributed by atoms with Gasteiger partial charge in [-0.3, -0.25) is 4.57 Å². The predicted octanol–water partition coefficient (Wildman–Crippen LogP) is 4.14. The molecule has 2 atom stereocenters. The zero-order chi connectivity index (χ0) is 16.9. The molecule has 0 aliphatic rings. The molecule has 0 bridgehead atoms. The number of hydrogen-bond donors (Lipinski definition) is 0. The molecule has 0 saturated carbocycles. The molecule has 2 unspecified atom stereocenters. The molecule has 0 N–H and O–H groups in total. The highest BCUT2D eigenvalue weighted by Gasteiger charge is 2.35. The molecule has 0 aliphatic heterocycles. The van der Waals surface area contributed by atoms with Gasteiger partial charge < -0.3 is 18.5 Å². The van der Waals surface area contributed by atoms with Gasteiger partial charge in [0.05, 0.1) is 5.02 Å². The molecular formula is C13H17Cl2O6P. The molecule has 0 spiro atoms. The molecule has 0 radical (unpaired) electrons. The number of carbonyl (C=O) groups is 1. The Bertz CT molecular complexity index is 572. The van der Waals surface area contributed by atoms with Gasteiger partial charge in [0.2, 0.25) is 0 Å². The molecule has 22 heavy (non-hydrogen) atoms. The minimum atomic E-state index is -3.51. The van der Waals surface area contributed by atoms with Crippen LogP contribution in [0.2, 0.25) is 10.0 Å². The summed E-state index contributed by atoms with van der Waals surface area (Å²) in [4.78, 5) is 12.0. The van der Waals surface area contributed by atoms with E-state index in [1.807, 2.05) is 0 Å². The number of hydrogen-bond acceptors (Lipinski definition) is 6. The zero-order valence-corrected chi connectivity index (χ0v) is 14.9. The van der Waals surface area contributed by atoms with Crippen LogP contribution in [-0.4, -0.2) is 32.1 Å². The first-order valence-corrected chi connectivity index (χ1v) is 8.63. The van der Waals surface area contributed by atoms with E-state index in [0.717, 1.165) is 0 Å². The van der Waals surface area contributed by atoms with Gasteiger partial charge in [-0.15, -0.1) is 0 Å². The minimum absolute atomic E-state index is 0.264. The lowest BCUT2D eigenvalue weighted by Gasteiger charge is -2.22. The molecule has 0 aromatic heterocycles. The summed E-state index contributed by atoms with van der Waals surface area (Å²) < 4.78 is 32.0. The van der Waals surface area contributed by atoms with E-state index in [2.05, 4.69) is 0 Å². The standard InChI is InChI=1S/C13H17Cl2O6P/c1-8(20-12-6-5-10(14)7-11(12)15)13(16)21-9(2)22(17,18-3)19-4/h5-9H,1-4H3. The van der Waals surface area contributed by atoms with Crippen molar-refractivity contribution in [3.05, 3.63) is 28.2 Å². The van der Waals surface area contributed by atoms with Crippen molar-refractivity contribution >= 4 is 36.8 Å². The molecule has 0 heterocycles. The van der Waals surface area contributed by atoms with Crippen LogP contribution in [0.5, 0.6) is 5.75 Å². The van der Waals surface area contributed by atoms with Crippen molar-refractivity contribution in [1.82, 2.24) is 0 Å². The Hall–Kier alpha value is -0.780. The van der Waals surface area contributed by atoms with E-state index in [9.17, 15) is 9.36 Å². The second-order valence-corrected chi connectivity index (χ2v) is 7.66. The van der Waals surface area contributed by atoms with E-state index >= 15 is 0 Å². The van der Waals surface area contributed by atoms with E-state index in [0.29, 0.717) is 5.02 Å². The van der Waals surface area contributed by atoms with Gasteiger partial charge in [0.25, 0.3) is 0 Å². The maximum atomic E-state index is 12.1. The van der Waals surface area contributed by atoms with Crippen LogP contribution in [0.15, 0.2) is 18.2 Å².